The second-order valence-corrected chi connectivity index (χ2v) is 13.3. The maximum absolute atomic E-state index is 2.55. The Morgan fingerprint density at radius 1 is 0.500 bits per heavy atom. The van der Waals surface area contributed by atoms with Crippen molar-refractivity contribution in [3.63, 3.8) is 0 Å². The molecule has 0 aliphatic heterocycles. The van der Waals surface area contributed by atoms with E-state index in [4.69, 9.17) is 0 Å². The van der Waals surface area contributed by atoms with E-state index in [9.17, 15) is 0 Å². The molecule has 2 aliphatic rings. The van der Waals surface area contributed by atoms with E-state index in [0.717, 1.165) is 12.8 Å². The molecule has 0 bridgehead atoms. The number of hydrogen-bond acceptors (Lipinski definition) is 0. The summed E-state index contributed by atoms with van der Waals surface area (Å²) >= 11 is 0. The summed E-state index contributed by atoms with van der Waals surface area (Å²) in [6.07, 6.45) is 18.3. The van der Waals surface area contributed by atoms with Crippen molar-refractivity contribution in [3.05, 3.63) is 175 Å². The molecule has 228 valence electrons. The van der Waals surface area contributed by atoms with Crippen LogP contribution in [-0.2, 0) is 0 Å². The number of benzene rings is 6. The summed E-state index contributed by atoms with van der Waals surface area (Å²) in [5.74, 6) is 0.492. The Balaban J connectivity index is 1.08. The van der Waals surface area contributed by atoms with Crippen molar-refractivity contribution in [1.29, 1.82) is 0 Å². The second kappa shape index (κ2) is 10.9. The monoisotopic (exact) mass is 614 g/mol. The summed E-state index contributed by atoms with van der Waals surface area (Å²) in [6, 6.07) is 47.4. The van der Waals surface area contributed by atoms with Crippen LogP contribution in [-0.4, -0.2) is 9.13 Å². The van der Waals surface area contributed by atoms with Crippen molar-refractivity contribution >= 4 is 54.4 Å². The van der Waals surface area contributed by atoms with Crippen LogP contribution in [0.3, 0.4) is 0 Å². The van der Waals surface area contributed by atoms with Crippen LogP contribution in [0.5, 0.6) is 0 Å². The highest BCUT2D eigenvalue weighted by Crippen LogP contribution is 2.40. The van der Waals surface area contributed by atoms with Gasteiger partial charge in [0.25, 0.3) is 0 Å². The number of rotatable bonds is 4. The maximum Gasteiger partial charge on any atom is 0.0560 e. The van der Waals surface area contributed by atoms with Gasteiger partial charge in [-0.3, -0.25) is 0 Å². The second-order valence-electron chi connectivity index (χ2n) is 13.3. The van der Waals surface area contributed by atoms with Gasteiger partial charge in [0.1, 0.15) is 0 Å². The van der Waals surface area contributed by atoms with E-state index in [1.54, 1.807) is 0 Å². The van der Waals surface area contributed by atoms with Gasteiger partial charge < -0.3 is 9.13 Å². The highest BCUT2D eigenvalue weighted by Gasteiger charge is 2.21. The average Bonchev–Trinajstić information content (AvgIpc) is 3.67. The number of allylic oxidation sites excluding steroid dienone is 8. The fourth-order valence-corrected chi connectivity index (χ4v) is 8.21. The van der Waals surface area contributed by atoms with Gasteiger partial charge in [-0.05, 0) is 88.8 Å². The zero-order valence-corrected chi connectivity index (χ0v) is 26.6. The normalized spacial score (nSPS) is 17.7. The summed E-state index contributed by atoms with van der Waals surface area (Å²) in [6.45, 7) is 0. The Bertz CT molecular complexity index is 2690. The summed E-state index contributed by atoms with van der Waals surface area (Å²) in [5, 5.41) is 7.69. The quantitative estimate of drug-likeness (QED) is 0.187. The topological polar surface area (TPSA) is 9.86 Å². The van der Waals surface area contributed by atoms with E-state index in [1.807, 2.05) is 0 Å². The predicted octanol–water partition coefficient (Wildman–Crippen LogP) is 12.3. The molecule has 2 heterocycles. The first-order chi connectivity index (χ1) is 23.8. The van der Waals surface area contributed by atoms with Gasteiger partial charge in [0.05, 0.1) is 17.1 Å². The van der Waals surface area contributed by atoms with Crippen LogP contribution in [0.25, 0.3) is 71.2 Å². The van der Waals surface area contributed by atoms with Gasteiger partial charge in [0, 0.05) is 44.2 Å². The largest absolute Gasteiger partial charge is 0.333 e. The minimum absolute atomic E-state index is 0.294. The molecule has 0 spiro atoms. The van der Waals surface area contributed by atoms with Crippen molar-refractivity contribution in [1.82, 2.24) is 9.13 Å². The third-order valence-corrected chi connectivity index (χ3v) is 10.6. The lowest BCUT2D eigenvalue weighted by molar-refractivity contribution is 0.633. The molecule has 6 aromatic carbocycles. The van der Waals surface area contributed by atoms with E-state index in [-0.39, 0.29) is 0 Å². The van der Waals surface area contributed by atoms with Gasteiger partial charge in [-0.25, -0.2) is 0 Å². The number of nitrogens with zero attached hydrogens (tertiary/aromatic N) is 2. The highest BCUT2D eigenvalue weighted by atomic mass is 15.0. The number of hydrogen-bond donors (Lipinski definition) is 0. The Morgan fingerprint density at radius 2 is 1.17 bits per heavy atom. The molecule has 2 aromatic heterocycles. The van der Waals surface area contributed by atoms with Crippen LogP contribution >= 0.6 is 0 Å². The standard InChI is InChI=1S/C46H34N2/c1-2-10-31(11-3-1)33-18-23-37(24-19-33)47-43-16-8-6-14-39(43)41-29-35(21-26-45(41)47)36-22-27-46-42(30-36)40-15-7-9-17-44(40)48(46)38-25-20-32-12-4-5-13-34(32)28-38/h1-10,12-23,25-31,37H,11,24H2. The first kappa shape index (κ1) is 27.3. The summed E-state index contributed by atoms with van der Waals surface area (Å²) < 4.78 is 4.96. The van der Waals surface area contributed by atoms with Gasteiger partial charge in [0.15, 0.2) is 0 Å². The molecule has 10 rings (SSSR count). The van der Waals surface area contributed by atoms with Crippen molar-refractivity contribution in [2.24, 2.45) is 5.92 Å². The van der Waals surface area contributed by atoms with E-state index >= 15 is 0 Å². The Kier molecular flexibility index (Phi) is 6.17. The summed E-state index contributed by atoms with van der Waals surface area (Å²) in [4.78, 5) is 0. The smallest absolute Gasteiger partial charge is 0.0560 e. The third-order valence-electron chi connectivity index (χ3n) is 10.6. The molecule has 2 nitrogen and oxygen atoms in total. The van der Waals surface area contributed by atoms with Crippen LogP contribution < -0.4 is 0 Å². The van der Waals surface area contributed by atoms with Crippen LogP contribution in [0.15, 0.2) is 175 Å². The van der Waals surface area contributed by atoms with Crippen molar-refractivity contribution in [2.75, 3.05) is 0 Å². The first-order valence-corrected chi connectivity index (χ1v) is 17.1. The van der Waals surface area contributed by atoms with Gasteiger partial charge >= 0.3 is 0 Å². The molecular formula is C46H34N2. The van der Waals surface area contributed by atoms with Gasteiger partial charge in [-0.15, -0.1) is 0 Å². The first-order valence-electron chi connectivity index (χ1n) is 17.1. The van der Waals surface area contributed by atoms with Crippen molar-refractivity contribution in [3.8, 4) is 16.8 Å². The van der Waals surface area contributed by atoms with E-state index in [2.05, 4.69) is 179 Å². The summed E-state index contributed by atoms with van der Waals surface area (Å²) in [7, 11) is 0. The zero-order chi connectivity index (χ0) is 31.6. The minimum atomic E-state index is 0.294. The molecule has 2 heteroatoms. The van der Waals surface area contributed by atoms with Gasteiger partial charge in [-0.1, -0.05) is 121 Å². The van der Waals surface area contributed by atoms with Crippen LogP contribution in [0.1, 0.15) is 18.9 Å². The highest BCUT2D eigenvalue weighted by molar-refractivity contribution is 6.12. The number of aromatic nitrogens is 2. The van der Waals surface area contributed by atoms with Crippen molar-refractivity contribution < 1.29 is 0 Å². The number of para-hydroxylation sites is 2. The Morgan fingerprint density at radius 3 is 1.94 bits per heavy atom. The zero-order valence-electron chi connectivity index (χ0n) is 26.6. The molecule has 2 atom stereocenters. The predicted molar refractivity (Wildman–Crippen MR) is 204 cm³/mol. The molecule has 48 heavy (non-hydrogen) atoms. The fourth-order valence-electron chi connectivity index (χ4n) is 8.21. The van der Waals surface area contributed by atoms with Crippen LogP contribution in [0.2, 0.25) is 0 Å². The number of fused-ring (bicyclic) bond motifs is 7. The molecule has 2 unspecified atom stereocenters. The maximum atomic E-state index is 2.55. The van der Waals surface area contributed by atoms with Crippen LogP contribution in [0.4, 0.5) is 0 Å². The average molecular weight is 615 g/mol. The Labute approximate surface area is 279 Å². The molecule has 0 N–H and O–H groups in total. The molecule has 0 saturated carbocycles. The van der Waals surface area contributed by atoms with Crippen molar-refractivity contribution in [2.45, 2.75) is 18.9 Å². The molecule has 0 amide bonds. The fraction of sp³-hybridized carbons (Fsp3) is 0.0870. The molecular weight excluding hydrogens is 581 g/mol. The third kappa shape index (κ3) is 4.26. The molecule has 0 saturated heterocycles. The van der Waals surface area contributed by atoms with E-state index in [0.29, 0.717) is 12.0 Å². The summed E-state index contributed by atoms with van der Waals surface area (Å²) in [5.41, 5.74) is 10.2. The van der Waals surface area contributed by atoms with E-state index < -0.39 is 0 Å². The molecule has 0 fully saturated rings. The SMILES string of the molecule is C1=CCC(C2=CCC(n3c4ccccc4c4cc(-c5ccc6c(c5)c5ccccc5n6-c5ccc6ccccc6c5)ccc43)C=C2)C=C1. The van der Waals surface area contributed by atoms with Gasteiger partial charge in [0.2, 0.25) is 0 Å². The molecule has 2 aliphatic carbocycles. The lowest BCUT2D eigenvalue weighted by Crippen LogP contribution is -2.10. The molecule has 8 aromatic rings. The minimum Gasteiger partial charge on any atom is -0.333 e. The van der Waals surface area contributed by atoms with Crippen LogP contribution in [0, 0.1) is 5.92 Å². The lowest BCUT2D eigenvalue weighted by Gasteiger charge is -2.23. The Hall–Kier alpha value is -5.86. The lowest BCUT2D eigenvalue weighted by atomic mass is 9.88. The van der Waals surface area contributed by atoms with Gasteiger partial charge in [-0.2, -0.15) is 0 Å². The molecule has 0 radical (unpaired) electrons. The van der Waals surface area contributed by atoms with E-state index in [1.165, 1.54) is 76.8 Å².